The van der Waals surface area contributed by atoms with Gasteiger partial charge in [0, 0.05) is 25.2 Å². The second kappa shape index (κ2) is 6.65. The zero-order valence-electron chi connectivity index (χ0n) is 13.7. The van der Waals surface area contributed by atoms with Gasteiger partial charge in [0.05, 0.1) is 0 Å². The summed E-state index contributed by atoms with van der Waals surface area (Å²) in [5.74, 6) is -0.224. The number of likely N-dealkylation sites (tertiary alicyclic amines) is 1. The Balaban J connectivity index is 1.83. The van der Waals surface area contributed by atoms with Gasteiger partial charge >= 0.3 is 6.09 Å². The summed E-state index contributed by atoms with van der Waals surface area (Å²) in [6.45, 7) is 8.97. The van der Waals surface area contributed by atoms with Crippen molar-refractivity contribution in [3.8, 4) is 0 Å². The van der Waals surface area contributed by atoms with Crippen molar-refractivity contribution >= 4 is 6.09 Å². The average Bonchev–Trinajstić information content (AvgIpc) is 2.37. The number of rotatable bonds is 4. The van der Waals surface area contributed by atoms with Gasteiger partial charge in [0.25, 0.3) is 0 Å². The van der Waals surface area contributed by atoms with E-state index in [0.717, 1.165) is 12.0 Å². The van der Waals surface area contributed by atoms with Crippen LogP contribution in [0.1, 0.15) is 45.7 Å². The molecular weight excluding hydrogens is 283 g/mol. The lowest BCUT2D eigenvalue weighted by Crippen LogP contribution is -2.61. The van der Waals surface area contributed by atoms with E-state index in [1.165, 1.54) is 12.1 Å². The number of ether oxygens (including phenoxy) is 1. The van der Waals surface area contributed by atoms with Gasteiger partial charge in [0.2, 0.25) is 0 Å². The predicted molar refractivity (Wildman–Crippen MR) is 84.2 cm³/mol. The van der Waals surface area contributed by atoms with E-state index in [-0.39, 0.29) is 24.0 Å². The lowest BCUT2D eigenvalue weighted by Gasteiger charge is -2.41. The molecule has 22 heavy (non-hydrogen) atoms. The minimum atomic E-state index is -0.463. The standard InChI is InChI=1S/C17H25FN2O2/c1-5-15(12-6-8-13(18)9-7-12)19-14-10-20(11-14)16(21)22-17(2,3)4/h6-9,14-15,19H,5,10-11H2,1-4H3. The quantitative estimate of drug-likeness (QED) is 0.926. The van der Waals surface area contributed by atoms with Crippen molar-refractivity contribution in [2.24, 2.45) is 0 Å². The highest BCUT2D eigenvalue weighted by Crippen LogP contribution is 2.21. The van der Waals surface area contributed by atoms with E-state index in [0.29, 0.717) is 13.1 Å². The minimum absolute atomic E-state index is 0.173. The zero-order chi connectivity index (χ0) is 16.3. The number of carbonyl (C=O) groups is 1. The smallest absolute Gasteiger partial charge is 0.410 e. The molecule has 0 radical (unpaired) electrons. The molecule has 1 aliphatic heterocycles. The third kappa shape index (κ3) is 4.44. The summed E-state index contributed by atoms with van der Waals surface area (Å²) < 4.78 is 18.3. The number of nitrogens with one attached hydrogen (secondary N) is 1. The Kier molecular flexibility index (Phi) is 5.06. The van der Waals surface area contributed by atoms with Crippen LogP contribution in [0, 0.1) is 5.82 Å². The fourth-order valence-electron chi connectivity index (χ4n) is 2.49. The molecule has 0 aliphatic carbocycles. The summed E-state index contributed by atoms with van der Waals surface area (Å²) in [6.07, 6.45) is 0.648. The van der Waals surface area contributed by atoms with Crippen molar-refractivity contribution < 1.29 is 13.9 Å². The van der Waals surface area contributed by atoms with E-state index in [1.54, 1.807) is 17.0 Å². The van der Waals surface area contributed by atoms with Gasteiger partial charge in [-0.25, -0.2) is 9.18 Å². The highest BCUT2D eigenvalue weighted by Gasteiger charge is 2.34. The second-order valence-corrected chi connectivity index (χ2v) is 6.76. The maximum atomic E-state index is 13.0. The van der Waals surface area contributed by atoms with Crippen molar-refractivity contribution in [2.75, 3.05) is 13.1 Å². The molecule has 0 saturated carbocycles. The molecule has 0 aromatic heterocycles. The molecular formula is C17H25FN2O2. The predicted octanol–water partition coefficient (Wildman–Crippen LogP) is 3.49. The van der Waals surface area contributed by atoms with Crippen LogP contribution < -0.4 is 5.32 Å². The number of hydrogen-bond acceptors (Lipinski definition) is 3. The number of benzene rings is 1. The Morgan fingerprint density at radius 2 is 1.95 bits per heavy atom. The van der Waals surface area contributed by atoms with Crippen LogP contribution in [-0.2, 0) is 4.74 Å². The summed E-state index contributed by atoms with van der Waals surface area (Å²) in [4.78, 5) is 13.6. The maximum absolute atomic E-state index is 13.0. The molecule has 1 N–H and O–H groups in total. The summed E-state index contributed by atoms with van der Waals surface area (Å²) in [5, 5.41) is 3.51. The topological polar surface area (TPSA) is 41.6 Å². The minimum Gasteiger partial charge on any atom is -0.444 e. The Morgan fingerprint density at radius 3 is 2.45 bits per heavy atom. The molecule has 1 fully saturated rings. The van der Waals surface area contributed by atoms with E-state index in [9.17, 15) is 9.18 Å². The summed E-state index contributed by atoms with van der Waals surface area (Å²) >= 11 is 0. The summed E-state index contributed by atoms with van der Waals surface area (Å²) in [7, 11) is 0. The third-order valence-electron chi connectivity index (χ3n) is 3.65. The van der Waals surface area contributed by atoms with Crippen LogP contribution in [0.15, 0.2) is 24.3 Å². The van der Waals surface area contributed by atoms with Gasteiger partial charge in [0.1, 0.15) is 11.4 Å². The van der Waals surface area contributed by atoms with Crippen LogP contribution in [0.25, 0.3) is 0 Å². The van der Waals surface area contributed by atoms with E-state index in [2.05, 4.69) is 12.2 Å². The van der Waals surface area contributed by atoms with Gasteiger partial charge in [-0.2, -0.15) is 0 Å². The first-order valence-corrected chi connectivity index (χ1v) is 7.78. The average molecular weight is 308 g/mol. The van der Waals surface area contributed by atoms with Gasteiger partial charge in [-0.15, -0.1) is 0 Å². The van der Waals surface area contributed by atoms with E-state index in [4.69, 9.17) is 4.74 Å². The highest BCUT2D eigenvalue weighted by molar-refractivity contribution is 5.69. The van der Waals surface area contributed by atoms with Crippen LogP contribution in [0.5, 0.6) is 0 Å². The fraction of sp³-hybridized carbons (Fsp3) is 0.588. The Labute approximate surface area is 131 Å². The van der Waals surface area contributed by atoms with Crippen LogP contribution in [0.4, 0.5) is 9.18 Å². The third-order valence-corrected chi connectivity index (χ3v) is 3.65. The number of hydrogen-bond donors (Lipinski definition) is 1. The maximum Gasteiger partial charge on any atom is 0.410 e. The molecule has 1 aromatic carbocycles. The largest absolute Gasteiger partial charge is 0.444 e. The molecule has 1 unspecified atom stereocenters. The van der Waals surface area contributed by atoms with Crippen molar-refractivity contribution in [2.45, 2.75) is 51.8 Å². The highest BCUT2D eigenvalue weighted by atomic mass is 19.1. The summed E-state index contributed by atoms with van der Waals surface area (Å²) in [6, 6.07) is 7.00. The van der Waals surface area contributed by atoms with Crippen molar-refractivity contribution in [3.05, 3.63) is 35.6 Å². The SMILES string of the molecule is CCC(NC1CN(C(=O)OC(C)(C)C)C1)c1ccc(F)cc1. The van der Waals surface area contributed by atoms with Crippen LogP contribution in [0.2, 0.25) is 0 Å². The van der Waals surface area contributed by atoms with E-state index >= 15 is 0 Å². The molecule has 0 bridgehead atoms. The molecule has 5 heteroatoms. The van der Waals surface area contributed by atoms with Crippen LogP contribution in [-0.4, -0.2) is 35.7 Å². The molecule has 1 aliphatic rings. The molecule has 1 amide bonds. The van der Waals surface area contributed by atoms with Gasteiger partial charge in [-0.05, 0) is 44.9 Å². The van der Waals surface area contributed by atoms with Gasteiger partial charge in [0.15, 0.2) is 0 Å². The fourth-order valence-corrected chi connectivity index (χ4v) is 2.49. The molecule has 1 atom stereocenters. The molecule has 4 nitrogen and oxygen atoms in total. The molecule has 1 heterocycles. The van der Waals surface area contributed by atoms with E-state index in [1.807, 2.05) is 20.8 Å². The van der Waals surface area contributed by atoms with Crippen molar-refractivity contribution in [3.63, 3.8) is 0 Å². The molecule has 1 aromatic rings. The second-order valence-electron chi connectivity index (χ2n) is 6.76. The van der Waals surface area contributed by atoms with Gasteiger partial charge in [-0.1, -0.05) is 19.1 Å². The molecule has 2 rings (SSSR count). The Morgan fingerprint density at radius 1 is 1.36 bits per heavy atom. The lowest BCUT2D eigenvalue weighted by atomic mass is 10.0. The molecule has 0 spiro atoms. The lowest BCUT2D eigenvalue weighted by molar-refractivity contribution is 0.00408. The van der Waals surface area contributed by atoms with E-state index < -0.39 is 5.60 Å². The number of carbonyl (C=O) groups excluding carboxylic acids is 1. The van der Waals surface area contributed by atoms with Crippen molar-refractivity contribution in [1.82, 2.24) is 10.2 Å². The van der Waals surface area contributed by atoms with Crippen LogP contribution in [0.3, 0.4) is 0 Å². The monoisotopic (exact) mass is 308 g/mol. The van der Waals surface area contributed by atoms with Gasteiger partial charge < -0.3 is 15.0 Å². The zero-order valence-corrected chi connectivity index (χ0v) is 13.7. The van der Waals surface area contributed by atoms with Crippen molar-refractivity contribution in [1.29, 1.82) is 0 Å². The number of nitrogens with zero attached hydrogens (tertiary/aromatic N) is 1. The first kappa shape index (κ1) is 16.7. The number of halogens is 1. The molecule has 122 valence electrons. The Hall–Kier alpha value is -1.62. The Bertz CT molecular complexity index is 504. The van der Waals surface area contributed by atoms with Crippen LogP contribution >= 0.6 is 0 Å². The number of amides is 1. The summed E-state index contributed by atoms with van der Waals surface area (Å²) in [5.41, 5.74) is 0.606. The first-order valence-electron chi connectivity index (χ1n) is 7.78. The molecule has 1 saturated heterocycles. The van der Waals surface area contributed by atoms with Gasteiger partial charge in [-0.3, -0.25) is 0 Å². The normalized spacial score (nSPS) is 17.0. The first-order chi connectivity index (χ1) is 10.3.